The first-order chi connectivity index (χ1) is 12.0. The fourth-order valence-corrected chi connectivity index (χ4v) is 5.24. The minimum Gasteiger partial charge on any atom is -0.241 e. The summed E-state index contributed by atoms with van der Waals surface area (Å²) in [5.74, 6) is 0. The predicted octanol–water partition coefficient (Wildman–Crippen LogP) is 4.37. The molecule has 4 unspecified atom stereocenters. The van der Waals surface area contributed by atoms with Gasteiger partial charge in [-0.25, -0.2) is 9.80 Å². The van der Waals surface area contributed by atoms with Gasteiger partial charge in [-0.15, -0.1) is 0 Å². The van der Waals surface area contributed by atoms with Gasteiger partial charge in [0.15, 0.2) is 22.6 Å². The van der Waals surface area contributed by atoms with Gasteiger partial charge in [-0.1, -0.05) is 76.2 Å². The van der Waals surface area contributed by atoms with Gasteiger partial charge in [0.05, 0.1) is 7.05 Å². The van der Waals surface area contributed by atoms with Crippen LogP contribution in [0.1, 0.15) is 0 Å². The Bertz CT molecular complexity index is 672. The van der Waals surface area contributed by atoms with Crippen molar-refractivity contribution in [1.82, 2.24) is 19.4 Å². The highest BCUT2D eigenvalue weighted by Crippen LogP contribution is 2.44. The molecule has 0 aliphatic carbocycles. The van der Waals surface area contributed by atoms with Crippen molar-refractivity contribution in [3.63, 3.8) is 0 Å². The zero-order chi connectivity index (χ0) is 17.6. The summed E-state index contributed by atoms with van der Waals surface area (Å²) >= 11 is 20.3. The Labute approximate surface area is 163 Å². The van der Waals surface area contributed by atoms with Crippen LogP contribution in [0, 0.1) is 0 Å². The fraction of sp³-hybridized carbons (Fsp3) is 0.333. The number of fused-ring (bicyclic) bond motifs is 2. The van der Waals surface area contributed by atoms with E-state index in [4.69, 9.17) is 34.8 Å². The van der Waals surface area contributed by atoms with E-state index in [0.29, 0.717) is 4.59 Å². The van der Waals surface area contributed by atoms with Gasteiger partial charge >= 0.3 is 0 Å². The van der Waals surface area contributed by atoms with E-state index in [-0.39, 0.29) is 5.62 Å². The molecular weight excluding hydrogens is 379 g/mol. The van der Waals surface area contributed by atoms with Crippen LogP contribution in [0.3, 0.4) is 0 Å². The van der Waals surface area contributed by atoms with Crippen LogP contribution >= 0.6 is 34.8 Å². The van der Waals surface area contributed by atoms with Crippen LogP contribution in [0.5, 0.6) is 0 Å². The summed E-state index contributed by atoms with van der Waals surface area (Å²) in [6.45, 7) is 1.59. The van der Waals surface area contributed by atoms with Gasteiger partial charge in [0.1, 0.15) is 5.62 Å². The van der Waals surface area contributed by atoms with Crippen molar-refractivity contribution in [3.8, 4) is 0 Å². The Morgan fingerprint density at radius 3 is 1.52 bits per heavy atom. The van der Waals surface area contributed by atoms with Crippen molar-refractivity contribution in [1.29, 1.82) is 0 Å². The van der Waals surface area contributed by atoms with Crippen LogP contribution in [-0.4, -0.2) is 51.8 Å². The standard InChI is InChI=1S/C18H20Cl3N4/c1-25(14-8-4-2-5-9-14,15-10-6-3-7-11-15)24-17(20)22-12-13-23(16(22)19)18(24)21/h2-11,16-18H,12-13H2,1H3/q+1. The molecule has 2 bridgehead atoms. The molecule has 2 fully saturated rings. The molecule has 2 saturated heterocycles. The molecule has 2 heterocycles. The third-order valence-electron chi connectivity index (χ3n) is 5.13. The summed E-state index contributed by atoms with van der Waals surface area (Å²) in [4.78, 5) is 4.12. The first-order valence-electron chi connectivity index (χ1n) is 8.25. The third kappa shape index (κ3) is 2.68. The van der Waals surface area contributed by atoms with Crippen molar-refractivity contribution in [2.75, 3.05) is 20.1 Å². The maximum absolute atomic E-state index is 6.89. The molecule has 2 aliphatic rings. The van der Waals surface area contributed by atoms with Crippen molar-refractivity contribution in [2.24, 2.45) is 0 Å². The Hall–Kier alpha value is -0.850. The molecule has 0 spiro atoms. The van der Waals surface area contributed by atoms with E-state index in [0.717, 1.165) is 24.5 Å². The summed E-state index contributed by atoms with van der Waals surface area (Å²) in [6, 6.07) is 20.5. The number of benzene rings is 2. The summed E-state index contributed by atoms with van der Waals surface area (Å²) in [5, 5.41) is 2.08. The van der Waals surface area contributed by atoms with Gasteiger partial charge in [-0.05, 0) is 0 Å². The van der Waals surface area contributed by atoms with Crippen LogP contribution in [-0.2, 0) is 0 Å². The van der Waals surface area contributed by atoms with E-state index in [1.54, 1.807) is 0 Å². The molecule has 7 heteroatoms. The summed E-state index contributed by atoms with van der Waals surface area (Å²) < 4.78 is 0.362. The minimum atomic E-state index is -0.422. The average Bonchev–Trinajstić information content (AvgIpc) is 2.97. The number of para-hydroxylation sites is 2. The monoisotopic (exact) mass is 397 g/mol. The van der Waals surface area contributed by atoms with E-state index in [2.05, 4.69) is 46.1 Å². The van der Waals surface area contributed by atoms with Crippen LogP contribution < -0.4 is 4.59 Å². The van der Waals surface area contributed by atoms with Crippen molar-refractivity contribution in [3.05, 3.63) is 60.7 Å². The second-order valence-corrected chi connectivity index (χ2v) is 7.59. The summed E-state index contributed by atoms with van der Waals surface area (Å²) in [6.07, 6.45) is 0. The Balaban J connectivity index is 1.87. The highest BCUT2D eigenvalue weighted by atomic mass is 35.5. The largest absolute Gasteiger partial charge is 0.241 e. The lowest BCUT2D eigenvalue weighted by Crippen LogP contribution is -2.71. The van der Waals surface area contributed by atoms with Crippen LogP contribution in [0.15, 0.2) is 60.7 Å². The van der Waals surface area contributed by atoms with Crippen LogP contribution in [0.4, 0.5) is 11.4 Å². The lowest BCUT2D eigenvalue weighted by atomic mass is 10.2. The molecule has 132 valence electrons. The molecule has 0 radical (unpaired) electrons. The number of rotatable bonds is 3. The normalized spacial score (nSPS) is 32.7. The number of hydrogen-bond donors (Lipinski definition) is 0. The van der Waals surface area contributed by atoms with E-state index >= 15 is 0 Å². The third-order valence-corrected chi connectivity index (χ3v) is 6.53. The quantitative estimate of drug-likeness (QED) is 0.432. The van der Waals surface area contributed by atoms with E-state index in [9.17, 15) is 0 Å². The zero-order valence-electron chi connectivity index (χ0n) is 13.8. The Morgan fingerprint density at radius 2 is 1.12 bits per heavy atom. The SMILES string of the molecule is C[N+](c1ccccc1)(c1ccccc1)N1C(Cl)N2CCN(C2Cl)C1Cl. The molecule has 0 saturated carbocycles. The molecule has 2 aromatic rings. The first kappa shape index (κ1) is 17.6. The number of nitrogens with zero attached hydrogens (tertiary/aromatic N) is 4. The fourth-order valence-electron chi connectivity index (χ4n) is 3.69. The van der Waals surface area contributed by atoms with E-state index < -0.39 is 11.2 Å². The molecule has 4 rings (SSSR count). The Morgan fingerprint density at radius 1 is 0.720 bits per heavy atom. The van der Waals surface area contributed by atoms with Gasteiger partial charge in [-0.3, -0.25) is 0 Å². The Kier molecular flexibility index (Phi) is 4.71. The van der Waals surface area contributed by atoms with Gasteiger partial charge in [0, 0.05) is 37.4 Å². The van der Waals surface area contributed by atoms with Crippen molar-refractivity contribution < 1.29 is 0 Å². The number of halogens is 3. The average molecular weight is 399 g/mol. The second kappa shape index (κ2) is 6.71. The summed E-state index contributed by atoms with van der Waals surface area (Å²) in [7, 11) is 2.12. The highest BCUT2D eigenvalue weighted by molar-refractivity contribution is 6.26. The van der Waals surface area contributed by atoms with Gasteiger partial charge < -0.3 is 0 Å². The predicted molar refractivity (Wildman–Crippen MR) is 104 cm³/mol. The number of quaternary nitrogens is 1. The van der Waals surface area contributed by atoms with Crippen molar-refractivity contribution >= 4 is 46.2 Å². The molecule has 2 aromatic carbocycles. The zero-order valence-corrected chi connectivity index (χ0v) is 16.1. The lowest BCUT2D eigenvalue weighted by molar-refractivity contribution is -0.116. The van der Waals surface area contributed by atoms with Crippen molar-refractivity contribution in [2.45, 2.75) is 16.9 Å². The maximum Gasteiger partial charge on any atom is 0.192 e. The van der Waals surface area contributed by atoms with Gasteiger partial charge in [0.2, 0.25) is 0 Å². The van der Waals surface area contributed by atoms with E-state index in [1.807, 2.05) is 36.4 Å². The molecule has 0 amide bonds. The molecule has 4 nitrogen and oxygen atoms in total. The molecule has 0 aromatic heterocycles. The van der Waals surface area contributed by atoms with Crippen LogP contribution in [0.25, 0.3) is 0 Å². The topological polar surface area (TPSA) is 9.72 Å². The minimum absolute atomic E-state index is 0.277. The first-order valence-corrected chi connectivity index (χ1v) is 9.56. The molecular formula is C18H20Cl3N4+. The molecule has 25 heavy (non-hydrogen) atoms. The van der Waals surface area contributed by atoms with Gasteiger partial charge in [-0.2, -0.15) is 4.59 Å². The summed E-state index contributed by atoms with van der Waals surface area (Å²) in [5.41, 5.74) is 1.05. The lowest BCUT2D eigenvalue weighted by Gasteiger charge is -2.52. The number of hydrogen-bond acceptors (Lipinski definition) is 3. The van der Waals surface area contributed by atoms with Gasteiger partial charge in [0.25, 0.3) is 0 Å². The molecule has 2 aliphatic heterocycles. The van der Waals surface area contributed by atoms with Crippen LogP contribution in [0.2, 0.25) is 0 Å². The van der Waals surface area contributed by atoms with E-state index in [1.165, 1.54) is 0 Å². The molecule has 0 N–H and O–H groups in total. The smallest absolute Gasteiger partial charge is 0.192 e. The highest BCUT2D eigenvalue weighted by Gasteiger charge is 2.56. The maximum atomic E-state index is 6.89. The number of alkyl halides is 3. The molecule has 4 atom stereocenters. The second-order valence-electron chi connectivity index (χ2n) is 6.42.